The Morgan fingerprint density at radius 3 is 2.42 bits per heavy atom. The number of hydrogen-bond acceptors (Lipinski definition) is 5. The highest BCUT2D eigenvalue weighted by atomic mass is 32.2. The number of sulfone groups is 1. The van der Waals surface area contributed by atoms with Gasteiger partial charge in [-0.2, -0.15) is 0 Å². The van der Waals surface area contributed by atoms with E-state index in [1.807, 2.05) is 0 Å². The molecule has 1 aliphatic carbocycles. The molecule has 1 saturated heterocycles. The fourth-order valence-electron chi connectivity index (χ4n) is 2.60. The second-order valence-corrected chi connectivity index (χ2v) is 7.75. The van der Waals surface area contributed by atoms with Crippen molar-refractivity contribution in [3.05, 3.63) is 0 Å². The van der Waals surface area contributed by atoms with Crippen molar-refractivity contribution in [3.8, 4) is 0 Å². The van der Waals surface area contributed by atoms with Gasteiger partial charge in [0.15, 0.2) is 9.84 Å². The normalized spacial score (nSPS) is 25.5. The van der Waals surface area contributed by atoms with Gasteiger partial charge in [0.2, 0.25) is 0 Å². The molecule has 19 heavy (non-hydrogen) atoms. The molecule has 0 atom stereocenters. The van der Waals surface area contributed by atoms with Gasteiger partial charge in [0.25, 0.3) is 0 Å². The Morgan fingerprint density at radius 2 is 1.74 bits per heavy atom. The van der Waals surface area contributed by atoms with E-state index in [9.17, 15) is 8.42 Å². The second-order valence-electron chi connectivity index (χ2n) is 5.45. The maximum Gasteiger partial charge on any atom is 0.152 e. The summed E-state index contributed by atoms with van der Waals surface area (Å²) in [5.74, 6) is 0.567. The third-order valence-corrected chi connectivity index (χ3v) is 5.54. The van der Waals surface area contributed by atoms with Crippen LogP contribution in [-0.4, -0.2) is 64.0 Å². The van der Waals surface area contributed by atoms with Gasteiger partial charge < -0.3 is 9.47 Å². The summed E-state index contributed by atoms with van der Waals surface area (Å²) in [5, 5.41) is 0. The third kappa shape index (κ3) is 5.77. The van der Waals surface area contributed by atoms with Crippen molar-refractivity contribution in [3.63, 3.8) is 0 Å². The van der Waals surface area contributed by atoms with E-state index in [1.165, 1.54) is 19.3 Å². The summed E-state index contributed by atoms with van der Waals surface area (Å²) in [6.07, 6.45) is 6.58. The molecule has 2 aliphatic rings. The topological polar surface area (TPSA) is 55.8 Å². The molecular weight excluding hydrogens is 266 g/mol. The summed E-state index contributed by atoms with van der Waals surface area (Å²) in [7, 11) is -2.77. The molecule has 0 aromatic heterocycles. The van der Waals surface area contributed by atoms with Crippen LogP contribution in [0.25, 0.3) is 0 Å². The van der Waals surface area contributed by atoms with Gasteiger partial charge >= 0.3 is 0 Å². The van der Waals surface area contributed by atoms with Crippen molar-refractivity contribution in [1.29, 1.82) is 0 Å². The van der Waals surface area contributed by atoms with Crippen LogP contribution in [0.2, 0.25) is 0 Å². The van der Waals surface area contributed by atoms with Gasteiger partial charge in [-0.25, -0.2) is 8.42 Å². The van der Waals surface area contributed by atoms with Crippen molar-refractivity contribution in [2.75, 3.05) is 44.5 Å². The van der Waals surface area contributed by atoms with E-state index < -0.39 is 9.84 Å². The molecule has 0 amide bonds. The maximum absolute atomic E-state index is 11.3. The number of ether oxygens (including phenoxy) is 2. The Kier molecular flexibility index (Phi) is 6.06. The number of nitrogens with zero attached hydrogens (tertiary/aromatic N) is 1. The van der Waals surface area contributed by atoms with E-state index >= 15 is 0 Å². The molecular formula is C13H25NO4S. The highest BCUT2D eigenvalue weighted by Crippen LogP contribution is 2.19. The fraction of sp³-hybridized carbons (Fsp3) is 1.00. The molecule has 1 aliphatic heterocycles. The lowest BCUT2D eigenvalue weighted by Crippen LogP contribution is -2.41. The Morgan fingerprint density at radius 1 is 1.05 bits per heavy atom. The second kappa shape index (κ2) is 7.57. The molecule has 5 nitrogen and oxygen atoms in total. The van der Waals surface area contributed by atoms with Crippen LogP contribution in [0.3, 0.4) is 0 Å². The van der Waals surface area contributed by atoms with Crippen molar-refractivity contribution >= 4 is 9.84 Å². The van der Waals surface area contributed by atoms with Crippen LogP contribution in [0.5, 0.6) is 0 Å². The number of hydrogen-bond donors (Lipinski definition) is 0. The van der Waals surface area contributed by atoms with E-state index in [-0.39, 0.29) is 11.5 Å². The predicted octanol–water partition coefficient (Wildman–Crippen LogP) is 1.04. The zero-order valence-electron chi connectivity index (χ0n) is 11.6. The van der Waals surface area contributed by atoms with Crippen LogP contribution in [-0.2, 0) is 19.3 Å². The Bertz CT molecular complexity index is 338. The Labute approximate surface area is 116 Å². The fourth-order valence-corrected chi connectivity index (χ4v) is 3.88. The summed E-state index contributed by atoms with van der Waals surface area (Å²) in [4.78, 5) is 2.14. The van der Waals surface area contributed by atoms with E-state index in [1.54, 1.807) is 0 Å². The minimum absolute atomic E-state index is 0.283. The first kappa shape index (κ1) is 15.2. The molecule has 1 heterocycles. The van der Waals surface area contributed by atoms with Gasteiger partial charge in [-0.05, 0) is 12.8 Å². The van der Waals surface area contributed by atoms with Gasteiger partial charge in [0.05, 0.1) is 24.2 Å². The average molecular weight is 291 g/mol. The SMILES string of the molecule is O=S1(=O)CCN(CCOCOC2CCCCC2)CC1. The summed E-state index contributed by atoms with van der Waals surface area (Å²) in [6, 6.07) is 0. The molecule has 0 N–H and O–H groups in total. The average Bonchev–Trinajstić information content (AvgIpc) is 2.41. The standard InChI is InChI=1S/C13H25NO4S/c15-19(16)10-7-14(8-11-19)6-9-17-12-18-13-4-2-1-3-5-13/h13H,1-12H2. The van der Waals surface area contributed by atoms with Crippen molar-refractivity contribution in [1.82, 2.24) is 4.90 Å². The van der Waals surface area contributed by atoms with Gasteiger partial charge in [0.1, 0.15) is 6.79 Å². The molecule has 2 fully saturated rings. The quantitative estimate of drug-likeness (QED) is 0.540. The van der Waals surface area contributed by atoms with Crippen LogP contribution < -0.4 is 0 Å². The van der Waals surface area contributed by atoms with E-state index in [0.29, 0.717) is 32.6 Å². The van der Waals surface area contributed by atoms with E-state index in [0.717, 1.165) is 19.4 Å². The van der Waals surface area contributed by atoms with Crippen molar-refractivity contribution in [2.24, 2.45) is 0 Å². The van der Waals surface area contributed by atoms with Crippen LogP contribution in [0.1, 0.15) is 32.1 Å². The van der Waals surface area contributed by atoms with Gasteiger partial charge in [-0.3, -0.25) is 4.90 Å². The summed E-state index contributed by atoms with van der Waals surface area (Å²) >= 11 is 0. The summed E-state index contributed by atoms with van der Waals surface area (Å²) < 4.78 is 33.7. The molecule has 6 heteroatoms. The minimum Gasteiger partial charge on any atom is -0.354 e. The van der Waals surface area contributed by atoms with E-state index in [2.05, 4.69) is 4.90 Å². The molecule has 1 saturated carbocycles. The van der Waals surface area contributed by atoms with Crippen molar-refractivity contribution < 1.29 is 17.9 Å². The molecule has 0 radical (unpaired) electrons. The lowest BCUT2D eigenvalue weighted by Gasteiger charge is -2.26. The van der Waals surface area contributed by atoms with Crippen LogP contribution in [0, 0.1) is 0 Å². The zero-order chi connectivity index (χ0) is 13.6. The first-order valence-corrected chi connectivity index (χ1v) is 9.10. The predicted molar refractivity (Wildman–Crippen MR) is 73.9 cm³/mol. The molecule has 112 valence electrons. The van der Waals surface area contributed by atoms with Gasteiger partial charge in [-0.15, -0.1) is 0 Å². The van der Waals surface area contributed by atoms with Crippen LogP contribution >= 0.6 is 0 Å². The molecule has 0 aromatic carbocycles. The Hall–Kier alpha value is -0.170. The van der Waals surface area contributed by atoms with Crippen LogP contribution in [0.4, 0.5) is 0 Å². The van der Waals surface area contributed by atoms with Crippen LogP contribution in [0.15, 0.2) is 0 Å². The maximum atomic E-state index is 11.3. The summed E-state index contributed by atoms with van der Waals surface area (Å²) in [6.45, 7) is 3.05. The lowest BCUT2D eigenvalue weighted by atomic mass is 9.98. The highest BCUT2D eigenvalue weighted by Gasteiger charge is 2.21. The van der Waals surface area contributed by atoms with Gasteiger partial charge in [-0.1, -0.05) is 19.3 Å². The molecule has 2 rings (SSSR count). The van der Waals surface area contributed by atoms with Crippen molar-refractivity contribution in [2.45, 2.75) is 38.2 Å². The third-order valence-electron chi connectivity index (χ3n) is 3.93. The monoisotopic (exact) mass is 291 g/mol. The summed E-state index contributed by atoms with van der Waals surface area (Å²) in [5.41, 5.74) is 0. The lowest BCUT2D eigenvalue weighted by molar-refractivity contribution is -0.101. The molecule has 0 aromatic rings. The molecule has 0 unspecified atom stereocenters. The minimum atomic E-state index is -2.77. The molecule has 0 bridgehead atoms. The van der Waals surface area contributed by atoms with E-state index in [4.69, 9.17) is 9.47 Å². The highest BCUT2D eigenvalue weighted by molar-refractivity contribution is 7.91. The first-order valence-electron chi connectivity index (χ1n) is 7.28. The largest absolute Gasteiger partial charge is 0.354 e. The molecule has 0 spiro atoms. The Balaban J connectivity index is 1.48. The number of rotatable bonds is 6. The van der Waals surface area contributed by atoms with Gasteiger partial charge in [0, 0.05) is 19.6 Å². The zero-order valence-corrected chi connectivity index (χ0v) is 12.4. The smallest absolute Gasteiger partial charge is 0.152 e. The first-order chi connectivity index (χ1) is 9.16.